The summed E-state index contributed by atoms with van der Waals surface area (Å²) in [6.07, 6.45) is 0.663. The Labute approximate surface area is 213 Å². The number of carbonyl (C=O) groups excluding carboxylic acids is 1. The zero-order valence-corrected chi connectivity index (χ0v) is 21.8. The van der Waals surface area contributed by atoms with Crippen LogP contribution in [0.4, 0.5) is 23.2 Å². The molecule has 1 saturated carbocycles. The van der Waals surface area contributed by atoms with E-state index in [1.807, 2.05) is 0 Å². The summed E-state index contributed by atoms with van der Waals surface area (Å²) >= 11 is 1.43. The third kappa shape index (κ3) is 7.61. The molecular weight excluding hydrogens is 516 g/mol. The molecule has 3 rings (SSSR count). The zero-order valence-electron chi connectivity index (χ0n) is 20.1. The standard InChI is InChI=1S/C25H30F4N2O3S2/c1-3-36(33,34)31-22-12-10-17(13-21(22)26)16(2)24(32)30-15-18-9-11-19(25(27,28)29)14-23(18)35-20-7-5-4-6-8-20/h9-14,16,20,31H,3-8,15H2,1-2H3,(H,30,32). The second-order valence-corrected chi connectivity index (χ2v) is 12.2. The molecule has 198 valence electrons. The number of hydrogen-bond acceptors (Lipinski definition) is 4. The number of sulfonamides is 1. The normalized spacial score (nSPS) is 15.9. The van der Waals surface area contributed by atoms with Crippen molar-refractivity contribution < 1.29 is 30.8 Å². The van der Waals surface area contributed by atoms with Crippen LogP contribution in [0.15, 0.2) is 41.3 Å². The van der Waals surface area contributed by atoms with Crippen molar-refractivity contribution in [2.75, 3.05) is 10.5 Å². The quantitative estimate of drug-likeness (QED) is 0.355. The van der Waals surface area contributed by atoms with Crippen LogP contribution in [0.1, 0.15) is 68.6 Å². The van der Waals surface area contributed by atoms with Crippen molar-refractivity contribution in [3.05, 3.63) is 58.9 Å². The van der Waals surface area contributed by atoms with E-state index in [2.05, 4.69) is 10.0 Å². The number of carbonyl (C=O) groups is 1. The van der Waals surface area contributed by atoms with Crippen LogP contribution in [0.2, 0.25) is 0 Å². The fraction of sp³-hybridized carbons (Fsp3) is 0.480. The van der Waals surface area contributed by atoms with Crippen molar-refractivity contribution in [3.8, 4) is 0 Å². The van der Waals surface area contributed by atoms with Gasteiger partial charge in [0.1, 0.15) is 5.82 Å². The highest BCUT2D eigenvalue weighted by Crippen LogP contribution is 2.39. The third-order valence-electron chi connectivity index (χ3n) is 6.23. The maximum atomic E-state index is 14.4. The fourth-order valence-electron chi connectivity index (χ4n) is 3.96. The predicted octanol–water partition coefficient (Wildman–Crippen LogP) is 6.45. The third-order valence-corrected chi connectivity index (χ3v) is 8.96. The lowest BCUT2D eigenvalue weighted by Crippen LogP contribution is -2.28. The van der Waals surface area contributed by atoms with Crippen molar-refractivity contribution >= 4 is 33.4 Å². The van der Waals surface area contributed by atoms with E-state index in [0.29, 0.717) is 16.0 Å². The van der Waals surface area contributed by atoms with Gasteiger partial charge < -0.3 is 5.32 Å². The predicted molar refractivity (Wildman–Crippen MR) is 134 cm³/mol. The van der Waals surface area contributed by atoms with Gasteiger partial charge in [-0.05, 0) is 62.1 Å². The average molecular weight is 547 g/mol. The number of rotatable bonds is 9. The molecule has 0 aliphatic heterocycles. The molecule has 0 radical (unpaired) electrons. The lowest BCUT2D eigenvalue weighted by Gasteiger charge is -2.23. The number of amides is 1. The molecule has 1 amide bonds. The summed E-state index contributed by atoms with van der Waals surface area (Å²) in [7, 11) is -3.65. The lowest BCUT2D eigenvalue weighted by atomic mass is 9.99. The maximum Gasteiger partial charge on any atom is 0.416 e. The number of halogens is 4. The Morgan fingerprint density at radius 3 is 2.42 bits per heavy atom. The van der Waals surface area contributed by atoms with Crippen LogP contribution >= 0.6 is 11.8 Å². The summed E-state index contributed by atoms with van der Waals surface area (Å²) < 4.78 is 79.9. The first kappa shape index (κ1) is 28.3. The molecule has 2 N–H and O–H groups in total. The molecule has 0 aromatic heterocycles. The molecule has 36 heavy (non-hydrogen) atoms. The second kappa shape index (κ2) is 11.9. The Bertz CT molecular complexity index is 1180. The van der Waals surface area contributed by atoms with E-state index < -0.39 is 39.4 Å². The number of anilines is 1. The molecule has 2 aromatic rings. The first-order valence-electron chi connectivity index (χ1n) is 11.8. The van der Waals surface area contributed by atoms with E-state index >= 15 is 0 Å². The number of benzene rings is 2. The topological polar surface area (TPSA) is 75.3 Å². The lowest BCUT2D eigenvalue weighted by molar-refractivity contribution is -0.137. The minimum atomic E-state index is -4.46. The van der Waals surface area contributed by atoms with Crippen molar-refractivity contribution in [2.45, 2.75) is 74.7 Å². The zero-order chi connectivity index (χ0) is 26.5. The molecule has 1 aliphatic carbocycles. The van der Waals surface area contributed by atoms with E-state index in [4.69, 9.17) is 0 Å². The second-order valence-electron chi connectivity index (χ2n) is 8.88. The van der Waals surface area contributed by atoms with E-state index in [1.165, 1.54) is 36.9 Å². The SMILES string of the molecule is CCS(=O)(=O)Nc1ccc(C(C)C(=O)NCc2ccc(C(F)(F)F)cc2SC2CCCCC2)cc1F. The molecule has 1 aliphatic rings. The van der Waals surface area contributed by atoms with Gasteiger partial charge in [0, 0.05) is 16.7 Å². The summed E-state index contributed by atoms with van der Waals surface area (Å²) in [6.45, 7) is 3.04. The number of nitrogens with one attached hydrogen (secondary N) is 2. The highest BCUT2D eigenvalue weighted by molar-refractivity contribution is 8.00. The smallest absolute Gasteiger partial charge is 0.351 e. The van der Waals surface area contributed by atoms with E-state index in [1.54, 1.807) is 6.92 Å². The summed E-state index contributed by atoms with van der Waals surface area (Å²) in [5.41, 5.74) is 0.00384. The number of thioether (sulfide) groups is 1. The Morgan fingerprint density at radius 2 is 1.81 bits per heavy atom. The molecule has 0 bridgehead atoms. The van der Waals surface area contributed by atoms with Crippen molar-refractivity contribution in [1.29, 1.82) is 0 Å². The highest BCUT2D eigenvalue weighted by Gasteiger charge is 2.31. The maximum absolute atomic E-state index is 14.4. The summed E-state index contributed by atoms with van der Waals surface area (Å²) in [5.74, 6) is -2.21. The largest absolute Gasteiger partial charge is 0.416 e. The van der Waals surface area contributed by atoms with Gasteiger partial charge in [0.25, 0.3) is 0 Å². The van der Waals surface area contributed by atoms with Crippen molar-refractivity contribution in [1.82, 2.24) is 5.32 Å². The Morgan fingerprint density at radius 1 is 1.11 bits per heavy atom. The molecule has 0 saturated heterocycles. The van der Waals surface area contributed by atoms with Gasteiger partial charge in [-0.3, -0.25) is 9.52 Å². The summed E-state index contributed by atoms with van der Waals surface area (Å²) in [4.78, 5) is 13.3. The van der Waals surface area contributed by atoms with Crippen molar-refractivity contribution in [2.24, 2.45) is 0 Å². The molecule has 11 heteroatoms. The van der Waals surface area contributed by atoms with Crippen LogP contribution in [0.3, 0.4) is 0 Å². The van der Waals surface area contributed by atoms with Crippen LogP contribution in [0.25, 0.3) is 0 Å². The Balaban J connectivity index is 1.72. The van der Waals surface area contributed by atoms with Crippen LogP contribution in [-0.4, -0.2) is 25.3 Å². The number of alkyl halides is 3. The fourth-order valence-corrected chi connectivity index (χ4v) is 6.02. The summed E-state index contributed by atoms with van der Waals surface area (Å²) in [6, 6.07) is 7.38. The Hall–Kier alpha value is -2.27. The van der Waals surface area contributed by atoms with Gasteiger partial charge in [-0.2, -0.15) is 13.2 Å². The Kier molecular flexibility index (Phi) is 9.32. The molecule has 2 aromatic carbocycles. The van der Waals surface area contributed by atoms with E-state index in [9.17, 15) is 30.8 Å². The molecular formula is C25H30F4N2O3S2. The summed E-state index contributed by atoms with van der Waals surface area (Å²) in [5, 5.41) is 2.99. The van der Waals surface area contributed by atoms with Crippen molar-refractivity contribution in [3.63, 3.8) is 0 Å². The highest BCUT2D eigenvalue weighted by atomic mass is 32.2. The van der Waals surface area contributed by atoms with Crippen LogP contribution in [0, 0.1) is 5.82 Å². The minimum absolute atomic E-state index is 0.0349. The van der Waals surface area contributed by atoms with Gasteiger partial charge in [-0.25, -0.2) is 12.8 Å². The average Bonchev–Trinajstić information content (AvgIpc) is 2.83. The van der Waals surface area contributed by atoms with Gasteiger partial charge in [0.05, 0.1) is 22.9 Å². The van der Waals surface area contributed by atoms with Gasteiger partial charge in [-0.1, -0.05) is 31.4 Å². The molecule has 1 unspecified atom stereocenters. The van der Waals surface area contributed by atoms with Crippen LogP contribution < -0.4 is 10.0 Å². The van der Waals surface area contributed by atoms with Gasteiger partial charge in [-0.15, -0.1) is 11.8 Å². The van der Waals surface area contributed by atoms with E-state index in [-0.39, 0.29) is 23.2 Å². The molecule has 1 fully saturated rings. The van der Waals surface area contributed by atoms with Crippen LogP contribution in [0.5, 0.6) is 0 Å². The van der Waals surface area contributed by atoms with E-state index in [0.717, 1.165) is 50.3 Å². The first-order chi connectivity index (χ1) is 16.9. The molecule has 0 heterocycles. The van der Waals surface area contributed by atoms with Crippen LogP contribution in [-0.2, 0) is 27.5 Å². The van der Waals surface area contributed by atoms with Gasteiger partial charge in [0.15, 0.2) is 0 Å². The molecule has 5 nitrogen and oxygen atoms in total. The van der Waals surface area contributed by atoms with Gasteiger partial charge >= 0.3 is 6.18 Å². The minimum Gasteiger partial charge on any atom is -0.351 e. The van der Waals surface area contributed by atoms with Gasteiger partial charge in [0.2, 0.25) is 15.9 Å². The molecule has 1 atom stereocenters. The molecule has 0 spiro atoms. The first-order valence-corrected chi connectivity index (χ1v) is 14.4. The monoisotopic (exact) mass is 546 g/mol. The number of hydrogen-bond donors (Lipinski definition) is 2.